The number of carbonyl (C=O) groups is 1. The van der Waals surface area contributed by atoms with Crippen LogP contribution in [0.5, 0.6) is 5.75 Å². The van der Waals surface area contributed by atoms with Crippen molar-refractivity contribution < 1.29 is 14.6 Å². The molecule has 0 fully saturated rings. The molecule has 5 heteroatoms. The lowest BCUT2D eigenvalue weighted by Crippen LogP contribution is -2.08. The fraction of sp³-hybridized carbons (Fsp3) is 0.259. The number of aryl methyl sites for hydroxylation is 3. The summed E-state index contributed by atoms with van der Waals surface area (Å²) < 4.78 is 8.15. The Hall–Kier alpha value is -3.60. The van der Waals surface area contributed by atoms with Crippen molar-refractivity contribution >= 4 is 16.7 Å². The van der Waals surface area contributed by atoms with Crippen molar-refractivity contribution in [3.63, 3.8) is 0 Å². The number of rotatable bonds is 9. The van der Waals surface area contributed by atoms with Crippen LogP contribution in [0.3, 0.4) is 0 Å². The first-order chi connectivity index (χ1) is 15.5. The highest BCUT2D eigenvalue weighted by molar-refractivity contribution is 5.83. The van der Waals surface area contributed by atoms with Gasteiger partial charge in [0.15, 0.2) is 0 Å². The Bertz CT molecular complexity index is 1240. The maximum absolute atomic E-state index is 11.1. The van der Waals surface area contributed by atoms with Crippen molar-refractivity contribution in [3.05, 3.63) is 94.8 Å². The van der Waals surface area contributed by atoms with Gasteiger partial charge in [-0.2, -0.15) is 5.10 Å². The van der Waals surface area contributed by atoms with Crippen LogP contribution >= 0.6 is 0 Å². The van der Waals surface area contributed by atoms with E-state index in [4.69, 9.17) is 9.84 Å². The second-order valence-electron chi connectivity index (χ2n) is 8.20. The first-order valence-electron chi connectivity index (χ1n) is 10.9. The first kappa shape index (κ1) is 21.6. The number of nitrogens with zero attached hydrogens (tertiary/aromatic N) is 2. The van der Waals surface area contributed by atoms with Crippen molar-refractivity contribution in [2.45, 2.75) is 39.7 Å². The van der Waals surface area contributed by atoms with Gasteiger partial charge in [0, 0.05) is 18.5 Å². The van der Waals surface area contributed by atoms with Crippen LogP contribution in [0.4, 0.5) is 0 Å². The number of benzene rings is 3. The number of hydrogen-bond acceptors (Lipinski definition) is 3. The molecule has 0 spiro atoms. The minimum absolute atomic E-state index is 0.0812. The van der Waals surface area contributed by atoms with E-state index in [1.165, 1.54) is 16.3 Å². The summed E-state index contributed by atoms with van der Waals surface area (Å²) in [5.41, 5.74) is 5.32. The molecule has 0 aliphatic heterocycles. The Kier molecular flexibility index (Phi) is 6.55. The molecule has 0 saturated heterocycles. The summed E-state index contributed by atoms with van der Waals surface area (Å²) in [6.45, 7) is 5.21. The molecule has 4 aromatic rings. The largest absolute Gasteiger partial charge is 0.493 e. The summed E-state index contributed by atoms with van der Waals surface area (Å²) in [4.78, 5) is 11.1. The van der Waals surface area contributed by atoms with Gasteiger partial charge in [-0.15, -0.1) is 0 Å². The highest BCUT2D eigenvalue weighted by atomic mass is 16.5. The number of hydrogen-bond donors (Lipinski definition) is 1. The SMILES string of the molecule is Cc1cc(C)n(Cc2ccc(CCC(=O)O)c(OCCc3ccc4ccccc4c3)c2)n1. The molecule has 164 valence electrons. The molecule has 0 unspecified atom stereocenters. The van der Waals surface area contributed by atoms with Crippen LogP contribution in [0.25, 0.3) is 10.8 Å². The quantitative estimate of drug-likeness (QED) is 0.391. The molecule has 1 aromatic heterocycles. The zero-order valence-electron chi connectivity index (χ0n) is 18.5. The van der Waals surface area contributed by atoms with E-state index in [0.29, 0.717) is 19.6 Å². The van der Waals surface area contributed by atoms with Crippen molar-refractivity contribution in [1.82, 2.24) is 9.78 Å². The highest BCUT2D eigenvalue weighted by Crippen LogP contribution is 2.24. The third-order valence-corrected chi connectivity index (χ3v) is 5.64. The summed E-state index contributed by atoms with van der Waals surface area (Å²) in [5.74, 6) is -0.0510. The van der Waals surface area contributed by atoms with E-state index in [0.717, 1.165) is 34.7 Å². The molecule has 0 aliphatic carbocycles. The average Bonchev–Trinajstić information content (AvgIpc) is 3.09. The van der Waals surface area contributed by atoms with Crippen LogP contribution in [-0.4, -0.2) is 27.5 Å². The van der Waals surface area contributed by atoms with Gasteiger partial charge in [0.25, 0.3) is 0 Å². The van der Waals surface area contributed by atoms with Gasteiger partial charge in [0.05, 0.1) is 18.8 Å². The van der Waals surface area contributed by atoms with Crippen LogP contribution in [0.15, 0.2) is 66.7 Å². The number of carboxylic acids is 1. The Morgan fingerprint density at radius 2 is 1.72 bits per heavy atom. The van der Waals surface area contributed by atoms with E-state index in [-0.39, 0.29) is 6.42 Å². The topological polar surface area (TPSA) is 64.4 Å². The molecular formula is C27H28N2O3. The van der Waals surface area contributed by atoms with Gasteiger partial charge in [-0.1, -0.05) is 54.6 Å². The van der Waals surface area contributed by atoms with E-state index in [1.807, 2.05) is 48.9 Å². The summed E-state index contributed by atoms with van der Waals surface area (Å²) in [7, 11) is 0. The maximum atomic E-state index is 11.1. The molecule has 0 amide bonds. The van der Waals surface area contributed by atoms with Crippen LogP contribution in [-0.2, 0) is 24.2 Å². The maximum Gasteiger partial charge on any atom is 0.303 e. The predicted molar refractivity (Wildman–Crippen MR) is 126 cm³/mol. The molecule has 0 radical (unpaired) electrons. The number of aliphatic carboxylic acids is 1. The molecule has 1 heterocycles. The fourth-order valence-electron chi connectivity index (χ4n) is 3.96. The van der Waals surface area contributed by atoms with Crippen LogP contribution in [0.1, 0.15) is 34.5 Å². The van der Waals surface area contributed by atoms with Gasteiger partial charge in [-0.25, -0.2) is 0 Å². The molecular weight excluding hydrogens is 400 g/mol. The predicted octanol–water partition coefficient (Wildman–Crippen LogP) is 5.34. The second-order valence-corrected chi connectivity index (χ2v) is 8.20. The molecule has 0 atom stereocenters. The van der Waals surface area contributed by atoms with Gasteiger partial charge >= 0.3 is 5.97 Å². The fourth-order valence-corrected chi connectivity index (χ4v) is 3.96. The van der Waals surface area contributed by atoms with Crippen molar-refractivity contribution in [2.24, 2.45) is 0 Å². The molecule has 4 rings (SSSR count). The normalized spacial score (nSPS) is 11.1. The van der Waals surface area contributed by atoms with Crippen molar-refractivity contribution in [2.75, 3.05) is 6.61 Å². The highest BCUT2D eigenvalue weighted by Gasteiger charge is 2.10. The summed E-state index contributed by atoms with van der Waals surface area (Å²) in [6, 6.07) is 22.9. The average molecular weight is 429 g/mol. The van der Waals surface area contributed by atoms with Gasteiger partial charge in [-0.3, -0.25) is 9.48 Å². The molecule has 0 bridgehead atoms. The van der Waals surface area contributed by atoms with E-state index < -0.39 is 5.97 Å². The van der Waals surface area contributed by atoms with E-state index in [2.05, 4.69) is 41.5 Å². The van der Waals surface area contributed by atoms with Crippen LogP contribution in [0, 0.1) is 13.8 Å². The molecule has 1 N–H and O–H groups in total. The Labute approximate surface area is 188 Å². The summed E-state index contributed by atoms with van der Waals surface area (Å²) >= 11 is 0. The molecule has 5 nitrogen and oxygen atoms in total. The van der Waals surface area contributed by atoms with E-state index in [1.54, 1.807) is 0 Å². The monoisotopic (exact) mass is 428 g/mol. The molecule has 3 aromatic carbocycles. The van der Waals surface area contributed by atoms with Gasteiger partial charge in [-0.05, 0) is 59.9 Å². The molecule has 0 aliphatic rings. The Morgan fingerprint density at radius 1 is 0.938 bits per heavy atom. The third-order valence-electron chi connectivity index (χ3n) is 5.64. The third kappa shape index (κ3) is 5.35. The van der Waals surface area contributed by atoms with Gasteiger partial charge < -0.3 is 9.84 Å². The lowest BCUT2D eigenvalue weighted by atomic mass is 10.0. The van der Waals surface area contributed by atoms with Gasteiger partial charge in [0.2, 0.25) is 0 Å². The standard InChI is InChI=1S/C27H28N2O3/c1-19-15-20(2)29(28-19)18-22-8-10-24(11-12-27(30)31)26(17-22)32-14-13-21-7-9-23-5-3-4-6-25(23)16-21/h3-10,15-17H,11-14,18H2,1-2H3,(H,30,31). The minimum atomic E-state index is -0.807. The van der Waals surface area contributed by atoms with E-state index >= 15 is 0 Å². The Morgan fingerprint density at radius 3 is 2.47 bits per heavy atom. The second kappa shape index (κ2) is 9.69. The van der Waals surface area contributed by atoms with Crippen LogP contribution < -0.4 is 4.74 Å². The van der Waals surface area contributed by atoms with Gasteiger partial charge in [0.1, 0.15) is 5.75 Å². The zero-order chi connectivity index (χ0) is 22.5. The lowest BCUT2D eigenvalue weighted by Gasteiger charge is -2.14. The lowest BCUT2D eigenvalue weighted by molar-refractivity contribution is -0.136. The minimum Gasteiger partial charge on any atom is -0.493 e. The zero-order valence-corrected chi connectivity index (χ0v) is 18.5. The Balaban J connectivity index is 1.49. The summed E-state index contributed by atoms with van der Waals surface area (Å²) in [6.07, 6.45) is 1.31. The van der Waals surface area contributed by atoms with E-state index in [9.17, 15) is 4.79 Å². The number of ether oxygens (including phenoxy) is 1. The number of carboxylic acid groups (broad SMARTS) is 1. The number of fused-ring (bicyclic) bond motifs is 1. The van der Waals surface area contributed by atoms with Crippen molar-refractivity contribution in [1.29, 1.82) is 0 Å². The smallest absolute Gasteiger partial charge is 0.303 e. The molecule has 32 heavy (non-hydrogen) atoms. The van der Waals surface area contributed by atoms with Crippen LogP contribution in [0.2, 0.25) is 0 Å². The summed E-state index contributed by atoms with van der Waals surface area (Å²) in [5, 5.41) is 16.1. The first-order valence-corrected chi connectivity index (χ1v) is 10.9. The van der Waals surface area contributed by atoms with Crippen molar-refractivity contribution in [3.8, 4) is 5.75 Å². The number of aromatic nitrogens is 2. The molecule has 0 saturated carbocycles.